The average Bonchev–Trinajstić information content (AvgIpc) is 2.44. The first kappa shape index (κ1) is 13.7. The predicted molar refractivity (Wildman–Crippen MR) is 81.2 cm³/mol. The van der Waals surface area contributed by atoms with Crippen molar-refractivity contribution in [1.29, 1.82) is 0 Å². The van der Waals surface area contributed by atoms with Crippen LogP contribution in [0.5, 0.6) is 0 Å². The Labute approximate surface area is 119 Å². The second-order valence-electron chi connectivity index (χ2n) is 4.33. The third kappa shape index (κ3) is 4.44. The molecule has 0 fully saturated rings. The lowest BCUT2D eigenvalue weighted by Crippen LogP contribution is -2.18. The van der Waals surface area contributed by atoms with Gasteiger partial charge in [-0.3, -0.25) is 5.32 Å². The Morgan fingerprint density at radius 2 is 1.89 bits per heavy atom. The molecule has 2 rings (SSSR count). The third-order valence-corrected chi connectivity index (χ3v) is 3.09. The summed E-state index contributed by atoms with van der Waals surface area (Å²) in [5.74, 6) is 6.25. The number of rotatable bonds is 3. The van der Waals surface area contributed by atoms with Crippen molar-refractivity contribution in [2.24, 2.45) is 0 Å². The molecule has 96 valence electrons. The zero-order chi connectivity index (χ0) is 13.5. The highest BCUT2D eigenvalue weighted by molar-refractivity contribution is 6.30. The van der Waals surface area contributed by atoms with E-state index >= 15 is 0 Å². The van der Waals surface area contributed by atoms with Crippen LogP contribution in [0.25, 0.3) is 0 Å². The summed E-state index contributed by atoms with van der Waals surface area (Å²) >= 11 is 5.97. The van der Waals surface area contributed by atoms with Crippen LogP contribution in [0.2, 0.25) is 5.02 Å². The Kier molecular flexibility index (Phi) is 5.03. The molecule has 1 N–H and O–H groups in total. The van der Waals surface area contributed by atoms with Gasteiger partial charge in [0.1, 0.15) is 0 Å². The van der Waals surface area contributed by atoms with Crippen LogP contribution in [0.1, 0.15) is 24.1 Å². The molecule has 0 aromatic heterocycles. The molecule has 0 amide bonds. The molecule has 1 atom stereocenters. The lowest BCUT2D eigenvalue weighted by atomic mass is 10.1. The third-order valence-electron chi connectivity index (χ3n) is 2.85. The molecule has 2 aromatic carbocycles. The lowest BCUT2D eigenvalue weighted by Gasteiger charge is -2.12. The minimum absolute atomic E-state index is 0.240. The predicted octanol–water partition coefficient (Wildman–Crippen LogP) is 4.04. The molecule has 19 heavy (non-hydrogen) atoms. The van der Waals surface area contributed by atoms with Crippen LogP contribution in [-0.2, 0) is 0 Å². The molecule has 0 aliphatic rings. The molecule has 0 heterocycles. The molecule has 2 aromatic rings. The van der Waals surface area contributed by atoms with E-state index in [1.165, 1.54) is 5.56 Å². The summed E-state index contributed by atoms with van der Waals surface area (Å²) in [6, 6.07) is 18.1. The molecule has 0 saturated heterocycles. The smallest absolute Gasteiger partial charge is 0.0584 e. The highest BCUT2D eigenvalue weighted by atomic mass is 35.5. The van der Waals surface area contributed by atoms with Crippen molar-refractivity contribution in [1.82, 2.24) is 5.32 Å². The van der Waals surface area contributed by atoms with Crippen molar-refractivity contribution in [2.75, 3.05) is 6.54 Å². The van der Waals surface area contributed by atoms with Gasteiger partial charge in [-0.15, -0.1) is 0 Å². The minimum atomic E-state index is 0.240. The van der Waals surface area contributed by atoms with Gasteiger partial charge >= 0.3 is 0 Å². The lowest BCUT2D eigenvalue weighted by molar-refractivity contribution is 0.623. The van der Waals surface area contributed by atoms with Gasteiger partial charge in [-0.25, -0.2) is 0 Å². The Morgan fingerprint density at radius 1 is 1.11 bits per heavy atom. The maximum Gasteiger partial charge on any atom is 0.0584 e. The monoisotopic (exact) mass is 269 g/mol. The molecule has 0 spiro atoms. The summed E-state index contributed by atoms with van der Waals surface area (Å²) in [5.41, 5.74) is 2.22. The Bertz CT molecular complexity index is 581. The molecule has 0 radical (unpaired) electrons. The van der Waals surface area contributed by atoms with Gasteiger partial charge in [-0.2, -0.15) is 0 Å². The van der Waals surface area contributed by atoms with Gasteiger partial charge in [0.2, 0.25) is 0 Å². The van der Waals surface area contributed by atoms with Crippen LogP contribution in [0.15, 0.2) is 54.6 Å². The molecule has 0 saturated carbocycles. The first-order valence-electron chi connectivity index (χ1n) is 6.28. The first-order valence-corrected chi connectivity index (χ1v) is 6.66. The fourth-order valence-electron chi connectivity index (χ4n) is 1.77. The summed E-state index contributed by atoms with van der Waals surface area (Å²) in [6.45, 7) is 2.76. The summed E-state index contributed by atoms with van der Waals surface area (Å²) < 4.78 is 0. The van der Waals surface area contributed by atoms with E-state index in [4.69, 9.17) is 11.6 Å². The standard InChI is InChI=1S/C17H16ClN/c1-14(16-10-5-11-17(18)13-16)19-12-6-9-15-7-3-2-4-8-15/h2-5,7-8,10-11,13-14,19H,12H2,1H3. The van der Waals surface area contributed by atoms with E-state index in [2.05, 4.69) is 30.1 Å². The fourth-order valence-corrected chi connectivity index (χ4v) is 1.96. The molecule has 1 nitrogen and oxygen atoms in total. The normalized spacial score (nSPS) is 11.5. The summed E-state index contributed by atoms with van der Waals surface area (Å²) in [7, 11) is 0. The van der Waals surface area contributed by atoms with Gasteiger partial charge < -0.3 is 0 Å². The van der Waals surface area contributed by atoms with Crippen molar-refractivity contribution in [3.05, 3.63) is 70.7 Å². The van der Waals surface area contributed by atoms with E-state index in [0.29, 0.717) is 6.54 Å². The van der Waals surface area contributed by atoms with Crippen molar-refractivity contribution >= 4 is 11.6 Å². The molecule has 0 bridgehead atoms. The minimum Gasteiger partial charge on any atom is -0.300 e. The van der Waals surface area contributed by atoms with Crippen LogP contribution in [0.3, 0.4) is 0 Å². The number of hydrogen-bond acceptors (Lipinski definition) is 1. The second-order valence-corrected chi connectivity index (χ2v) is 4.76. The summed E-state index contributed by atoms with van der Waals surface area (Å²) in [4.78, 5) is 0. The second kappa shape index (κ2) is 6.99. The Morgan fingerprint density at radius 3 is 2.63 bits per heavy atom. The Balaban J connectivity index is 1.88. The first-order chi connectivity index (χ1) is 9.25. The van der Waals surface area contributed by atoms with E-state index in [1.54, 1.807) is 0 Å². The SMILES string of the molecule is CC(NCC#Cc1ccccc1)c1cccc(Cl)c1. The van der Waals surface area contributed by atoms with Crippen molar-refractivity contribution < 1.29 is 0 Å². The molecule has 0 aliphatic carbocycles. The topological polar surface area (TPSA) is 12.0 Å². The van der Waals surface area contributed by atoms with Crippen molar-refractivity contribution in [2.45, 2.75) is 13.0 Å². The van der Waals surface area contributed by atoms with Gasteiger partial charge in [0, 0.05) is 16.6 Å². The van der Waals surface area contributed by atoms with E-state index < -0.39 is 0 Å². The molecular formula is C17H16ClN. The average molecular weight is 270 g/mol. The number of benzene rings is 2. The van der Waals surface area contributed by atoms with E-state index in [0.717, 1.165) is 10.6 Å². The Hall–Kier alpha value is -1.75. The molecule has 1 unspecified atom stereocenters. The van der Waals surface area contributed by atoms with Gasteiger partial charge in [0.05, 0.1) is 6.54 Å². The fraction of sp³-hybridized carbons (Fsp3) is 0.176. The van der Waals surface area contributed by atoms with Crippen LogP contribution >= 0.6 is 11.6 Å². The zero-order valence-electron chi connectivity index (χ0n) is 10.9. The number of halogens is 1. The van der Waals surface area contributed by atoms with E-state index in [1.807, 2.05) is 48.5 Å². The maximum atomic E-state index is 5.97. The largest absolute Gasteiger partial charge is 0.300 e. The summed E-state index contributed by atoms with van der Waals surface area (Å²) in [6.07, 6.45) is 0. The highest BCUT2D eigenvalue weighted by Gasteiger charge is 2.03. The number of hydrogen-bond donors (Lipinski definition) is 1. The van der Waals surface area contributed by atoms with Crippen LogP contribution in [0, 0.1) is 11.8 Å². The highest BCUT2D eigenvalue weighted by Crippen LogP contribution is 2.16. The van der Waals surface area contributed by atoms with E-state index in [9.17, 15) is 0 Å². The summed E-state index contributed by atoms with van der Waals surface area (Å²) in [5, 5.41) is 4.13. The van der Waals surface area contributed by atoms with Gasteiger partial charge in [-0.05, 0) is 36.8 Å². The van der Waals surface area contributed by atoms with Gasteiger partial charge in [0.15, 0.2) is 0 Å². The van der Waals surface area contributed by atoms with Gasteiger partial charge in [-0.1, -0.05) is 53.8 Å². The van der Waals surface area contributed by atoms with Crippen LogP contribution in [0.4, 0.5) is 0 Å². The van der Waals surface area contributed by atoms with Crippen molar-refractivity contribution in [3.8, 4) is 11.8 Å². The quantitative estimate of drug-likeness (QED) is 0.829. The van der Waals surface area contributed by atoms with E-state index in [-0.39, 0.29) is 6.04 Å². The van der Waals surface area contributed by atoms with Crippen molar-refractivity contribution in [3.63, 3.8) is 0 Å². The maximum absolute atomic E-state index is 5.97. The van der Waals surface area contributed by atoms with Crippen LogP contribution in [-0.4, -0.2) is 6.54 Å². The van der Waals surface area contributed by atoms with Crippen LogP contribution < -0.4 is 5.32 Å². The number of nitrogens with one attached hydrogen (secondary N) is 1. The molecule has 2 heteroatoms. The molecular weight excluding hydrogens is 254 g/mol. The molecule has 0 aliphatic heterocycles. The van der Waals surface area contributed by atoms with Gasteiger partial charge in [0.25, 0.3) is 0 Å². The zero-order valence-corrected chi connectivity index (χ0v) is 11.6.